The fourth-order valence-corrected chi connectivity index (χ4v) is 5.66. The van der Waals surface area contributed by atoms with E-state index in [-0.39, 0.29) is 47.7 Å². The third kappa shape index (κ3) is 5.36. The lowest BCUT2D eigenvalue weighted by molar-refractivity contribution is -0.141. The van der Waals surface area contributed by atoms with Crippen LogP contribution in [0.4, 0.5) is 16.3 Å². The highest BCUT2D eigenvalue weighted by Gasteiger charge is 2.51. The topological polar surface area (TPSA) is 190 Å². The SMILES string of the molecule is NCCNC(=O)Nc1ccc2c(c1)c(C(N)=O)nn2CC(=O)N1[C@@H]2CC[C@@H](C2)[C@H]1C(=O)Nc1cccc(Cl)n1. The van der Waals surface area contributed by atoms with Crippen LogP contribution in [-0.2, 0) is 16.1 Å². The molecule has 0 unspecified atom stereocenters. The number of rotatable bonds is 8. The Morgan fingerprint density at radius 3 is 2.67 bits per heavy atom. The summed E-state index contributed by atoms with van der Waals surface area (Å²) in [5.41, 5.74) is 11.8. The van der Waals surface area contributed by atoms with Gasteiger partial charge in [-0.1, -0.05) is 17.7 Å². The smallest absolute Gasteiger partial charge is 0.319 e. The molecule has 1 aliphatic carbocycles. The first-order chi connectivity index (χ1) is 18.7. The summed E-state index contributed by atoms with van der Waals surface area (Å²) in [6.07, 6.45) is 2.39. The van der Waals surface area contributed by atoms with Crippen LogP contribution in [0.3, 0.4) is 0 Å². The van der Waals surface area contributed by atoms with Gasteiger partial charge in [-0.05, 0) is 55.5 Å². The molecule has 14 heteroatoms. The van der Waals surface area contributed by atoms with Gasteiger partial charge in [-0.2, -0.15) is 5.10 Å². The second kappa shape index (κ2) is 10.9. The molecular formula is C25H28ClN9O4. The third-order valence-corrected chi connectivity index (χ3v) is 7.28. The highest BCUT2D eigenvalue weighted by atomic mass is 35.5. The number of anilines is 2. The molecule has 1 aromatic carbocycles. The first-order valence-electron chi connectivity index (χ1n) is 12.5. The van der Waals surface area contributed by atoms with Gasteiger partial charge in [-0.3, -0.25) is 19.1 Å². The number of nitrogens with zero attached hydrogens (tertiary/aromatic N) is 4. The largest absolute Gasteiger partial charge is 0.364 e. The summed E-state index contributed by atoms with van der Waals surface area (Å²) in [7, 11) is 0. The van der Waals surface area contributed by atoms with E-state index in [0.717, 1.165) is 19.3 Å². The van der Waals surface area contributed by atoms with Crippen molar-refractivity contribution >= 4 is 57.8 Å². The number of pyridine rings is 1. The average Bonchev–Trinajstić information content (AvgIpc) is 3.61. The number of amides is 5. The van der Waals surface area contributed by atoms with E-state index >= 15 is 0 Å². The maximum absolute atomic E-state index is 13.6. The van der Waals surface area contributed by atoms with Crippen LogP contribution in [0.2, 0.25) is 5.15 Å². The van der Waals surface area contributed by atoms with Crippen molar-refractivity contribution in [1.29, 1.82) is 0 Å². The highest BCUT2D eigenvalue weighted by molar-refractivity contribution is 6.29. The number of primary amides is 1. The number of carbonyl (C=O) groups is 4. The number of likely N-dealkylation sites (tertiary alicyclic amines) is 1. The molecule has 0 radical (unpaired) electrons. The van der Waals surface area contributed by atoms with Crippen LogP contribution in [0.15, 0.2) is 36.4 Å². The molecular weight excluding hydrogens is 526 g/mol. The first kappa shape index (κ1) is 26.4. The maximum Gasteiger partial charge on any atom is 0.319 e. The van der Waals surface area contributed by atoms with Crippen molar-refractivity contribution in [2.75, 3.05) is 23.7 Å². The molecule has 3 heterocycles. The molecule has 7 N–H and O–H groups in total. The molecule has 3 aromatic rings. The summed E-state index contributed by atoms with van der Waals surface area (Å²) in [5, 5.41) is 13.0. The second-order valence-corrected chi connectivity index (χ2v) is 9.97. The Balaban J connectivity index is 1.38. The van der Waals surface area contributed by atoms with Crippen molar-refractivity contribution in [1.82, 2.24) is 25.0 Å². The number of fused-ring (bicyclic) bond motifs is 3. The number of piperidine rings is 1. The molecule has 5 amide bonds. The fourth-order valence-electron chi connectivity index (χ4n) is 5.49. The molecule has 204 valence electrons. The molecule has 2 aliphatic rings. The predicted octanol–water partition coefficient (Wildman–Crippen LogP) is 1.28. The van der Waals surface area contributed by atoms with E-state index in [4.69, 9.17) is 23.1 Å². The molecule has 5 rings (SSSR count). The van der Waals surface area contributed by atoms with Crippen molar-refractivity contribution in [3.05, 3.63) is 47.2 Å². The minimum atomic E-state index is -0.776. The number of hydrogen-bond acceptors (Lipinski definition) is 7. The predicted molar refractivity (Wildman–Crippen MR) is 144 cm³/mol. The standard InChI is InChI=1S/C25H28ClN9O4/c26-18-2-1-3-19(31-18)32-24(38)22-13-4-6-15(10-13)35(22)20(36)12-34-17-7-5-14(30-25(39)29-9-8-27)11-16(17)21(33-34)23(28)37/h1-3,5,7,11,13,15,22H,4,6,8-10,12,27H2,(H2,28,37)(H2,29,30,39)(H,31,32,38)/t13-,15+,22-/m0/s1. The summed E-state index contributed by atoms with van der Waals surface area (Å²) in [4.78, 5) is 56.8. The van der Waals surface area contributed by atoms with Gasteiger partial charge in [-0.15, -0.1) is 0 Å². The zero-order valence-corrected chi connectivity index (χ0v) is 21.6. The maximum atomic E-state index is 13.6. The van der Waals surface area contributed by atoms with Crippen molar-refractivity contribution in [2.45, 2.75) is 37.9 Å². The number of urea groups is 1. The van der Waals surface area contributed by atoms with E-state index in [1.54, 1.807) is 41.3 Å². The number of carbonyl (C=O) groups excluding carboxylic acids is 4. The summed E-state index contributed by atoms with van der Waals surface area (Å²) in [5.74, 6) is -1.05. The highest BCUT2D eigenvalue weighted by Crippen LogP contribution is 2.43. The van der Waals surface area contributed by atoms with Crippen molar-refractivity contribution in [3.8, 4) is 0 Å². The molecule has 2 aromatic heterocycles. The van der Waals surface area contributed by atoms with Crippen LogP contribution in [-0.4, -0.2) is 68.6 Å². The van der Waals surface area contributed by atoms with Gasteiger partial charge in [0.05, 0.1) is 5.52 Å². The van der Waals surface area contributed by atoms with E-state index in [1.807, 2.05) is 0 Å². The first-order valence-corrected chi connectivity index (χ1v) is 12.9. The van der Waals surface area contributed by atoms with E-state index in [0.29, 0.717) is 29.0 Å². The van der Waals surface area contributed by atoms with Gasteiger partial charge in [-0.25, -0.2) is 9.78 Å². The number of aromatic nitrogens is 3. The Morgan fingerprint density at radius 2 is 1.92 bits per heavy atom. The number of benzene rings is 1. The molecule has 2 fully saturated rings. The lowest BCUT2D eigenvalue weighted by atomic mass is 9.97. The minimum absolute atomic E-state index is 0.0342. The summed E-state index contributed by atoms with van der Waals surface area (Å²) in [6, 6.07) is 8.59. The molecule has 1 saturated heterocycles. The zero-order chi connectivity index (χ0) is 27.7. The Hall–Kier alpha value is -4.23. The second-order valence-electron chi connectivity index (χ2n) is 9.58. The number of nitrogens with two attached hydrogens (primary N) is 2. The van der Waals surface area contributed by atoms with Crippen LogP contribution in [0.1, 0.15) is 29.8 Å². The van der Waals surface area contributed by atoms with Gasteiger partial charge in [0, 0.05) is 30.2 Å². The molecule has 3 atom stereocenters. The van der Waals surface area contributed by atoms with Crippen molar-refractivity contribution in [3.63, 3.8) is 0 Å². The zero-order valence-electron chi connectivity index (χ0n) is 20.9. The monoisotopic (exact) mass is 553 g/mol. The number of nitrogens with one attached hydrogen (secondary N) is 3. The van der Waals surface area contributed by atoms with Crippen LogP contribution in [0.25, 0.3) is 10.9 Å². The van der Waals surface area contributed by atoms with Gasteiger partial charge in [0.25, 0.3) is 5.91 Å². The lowest BCUT2D eigenvalue weighted by Gasteiger charge is -2.34. The van der Waals surface area contributed by atoms with Crippen LogP contribution >= 0.6 is 11.6 Å². The number of halogens is 1. The molecule has 1 saturated carbocycles. The lowest BCUT2D eigenvalue weighted by Crippen LogP contribution is -2.52. The van der Waals surface area contributed by atoms with E-state index in [2.05, 4.69) is 26.0 Å². The van der Waals surface area contributed by atoms with Gasteiger partial charge in [0.15, 0.2) is 5.69 Å². The summed E-state index contributed by atoms with van der Waals surface area (Å²) in [6.45, 7) is 0.390. The molecule has 1 aliphatic heterocycles. The van der Waals surface area contributed by atoms with Gasteiger partial charge in [0.2, 0.25) is 11.8 Å². The quantitative estimate of drug-likeness (QED) is 0.259. The van der Waals surface area contributed by atoms with Gasteiger partial charge in [0.1, 0.15) is 23.6 Å². The van der Waals surface area contributed by atoms with Crippen LogP contribution in [0, 0.1) is 5.92 Å². The number of hydrogen-bond donors (Lipinski definition) is 5. The van der Waals surface area contributed by atoms with Gasteiger partial charge >= 0.3 is 6.03 Å². The van der Waals surface area contributed by atoms with E-state index in [1.165, 1.54) is 4.68 Å². The summed E-state index contributed by atoms with van der Waals surface area (Å²) < 4.78 is 1.40. The Labute approximate surface area is 228 Å². The minimum Gasteiger partial charge on any atom is -0.364 e. The van der Waals surface area contributed by atoms with E-state index in [9.17, 15) is 19.2 Å². The average molecular weight is 554 g/mol. The molecule has 2 bridgehead atoms. The Kier molecular flexibility index (Phi) is 7.35. The fraction of sp³-hybridized carbons (Fsp3) is 0.360. The van der Waals surface area contributed by atoms with Crippen molar-refractivity contribution in [2.24, 2.45) is 17.4 Å². The Bertz CT molecular complexity index is 1460. The normalized spacial score (nSPS) is 19.7. The molecule has 0 spiro atoms. The summed E-state index contributed by atoms with van der Waals surface area (Å²) >= 11 is 5.95. The Morgan fingerprint density at radius 1 is 1.10 bits per heavy atom. The molecule has 13 nitrogen and oxygen atoms in total. The van der Waals surface area contributed by atoms with Crippen LogP contribution < -0.4 is 27.4 Å². The van der Waals surface area contributed by atoms with Crippen molar-refractivity contribution < 1.29 is 19.2 Å². The third-order valence-electron chi connectivity index (χ3n) is 7.06. The van der Waals surface area contributed by atoms with Gasteiger partial charge < -0.3 is 32.3 Å². The van der Waals surface area contributed by atoms with E-state index < -0.39 is 18.0 Å². The molecule has 39 heavy (non-hydrogen) atoms. The van der Waals surface area contributed by atoms with Crippen LogP contribution in [0.5, 0.6) is 0 Å².